The van der Waals surface area contributed by atoms with Gasteiger partial charge in [0.1, 0.15) is 12.2 Å². The Morgan fingerprint density at radius 2 is 2.00 bits per heavy atom. The van der Waals surface area contributed by atoms with Gasteiger partial charge in [-0.3, -0.25) is 9.59 Å². The highest BCUT2D eigenvalue weighted by Crippen LogP contribution is 2.71. The second kappa shape index (κ2) is 6.04. The molecule has 2 N–H and O–H groups in total. The molecule has 0 unspecified atom stereocenters. The summed E-state index contributed by atoms with van der Waals surface area (Å²) in [6.07, 6.45) is 9.93. The topological polar surface area (TPSA) is 74.6 Å². The number of aliphatic hydroxyl groups is 2. The normalized spacial score (nSPS) is 52.0. The van der Waals surface area contributed by atoms with Gasteiger partial charge in [-0.15, -0.1) is 23.2 Å². The zero-order chi connectivity index (χ0) is 20.7. The Kier molecular flexibility index (Phi) is 4.39. The van der Waals surface area contributed by atoms with Crippen molar-refractivity contribution in [1.29, 1.82) is 0 Å². The lowest BCUT2D eigenvalue weighted by Crippen LogP contribution is -2.67. The van der Waals surface area contributed by atoms with Gasteiger partial charge in [0.15, 0.2) is 11.6 Å². The Morgan fingerprint density at radius 3 is 2.64 bits per heavy atom. The van der Waals surface area contributed by atoms with Crippen LogP contribution in [0.25, 0.3) is 0 Å². The van der Waals surface area contributed by atoms with Gasteiger partial charge in [0.05, 0.1) is 10.3 Å². The minimum atomic E-state index is -1.64. The number of aliphatic hydroxyl groups excluding tert-OH is 1. The van der Waals surface area contributed by atoms with Gasteiger partial charge in [-0.2, -0.15) is 0 Å². The monoisotopic (exact) mass is 424 g/mol. The Bertz CT molecular complexity index is 847. The number of hydrogen-bond acceptors (Lipinski definition) is 4. The third kappa shape index (κ3) is 2.10. The van der Waals surface area contributed by atoms with E-state index in [1.807, 2.05) is 39.0 Å². The molecule has 4 aliphatic rings. The summed E-state index contributed by atoms with van der Waals surface area (Å²) in [6.45, 7) is 5.07. The van der Waals surface area contributed by atoms with Crippen molar-refractivity contribution < 1.29 is 19.8 Å². The standard InChI is InChI=1S/C22H26Cl2O4/c1-12-8-16-15-5-4-13-9-14(26)6-7-19(13,2)21(15,24)17(23)10-20(16,3)22(12,28)18(27)11-25/h4-7,9,12,15-17,25,28H,8,10-11H2,1-3H3/t12-,15-,16-,17-,19-,20-,21-,22-/m0/s1. The van der Waals surface area contributed by atoms with Gasteiger partial charge in [-0.25, -0.2) is 0 Å². The lowest BCUT2D eigenvalue weighted by atomic mass is 9.48. The molecular formula is C22H26Cl2O4. The van der Waals surface area contributed by atoms with Crippen LogP contribution in [-0.2, 0) is 9.59 Å². The van der Waals surface area contributed by atoms with Crippen molar-refractivity contribution in [2.45, 2.75) is 49.5 Å². The fourth-order valence-corrected chi connectivity index (χ4v) is 7.83. The number of halogens is 2. The lowest BCUT2D eigenvalue weighted by molar-refractivity contribution is -0.165. The summed E-state index contributed by atoms with van der Waals surface area (Å²) in [7, 11) is 0. The van der Waals surface area contributed by atoms with E-state index in [9.17, 15) is 19.8 Å². The first-order valence-electron chi connectivity index (χ1n) is 9.80. The highest BCUT2D eigenvalue weighted by atomic mass is 35.5. The first-order chi connectivity index (χ1) is 13.0. The maximum atomic E-state index is 12.6. The molecule has 0 radical (unpaired) electrons. The number of carbonyl (C=O) groups excluding carboxylic acids is 2. The zero-order valence-corrected chi connectivity index (χ0v) is 17.8. The summed E-state index contributed by atoms with van der Waals surface area (Å²) in [4.78, 5) is 23.7. The smallest absolute Gasteiger partial charge is 0.190 e. The van der Waals surface area contributed by atoms with E-state index >= 15 is 0 Å². The van der Waals surface area contributed by atoms with Crippen molar-refractivity contribution in [3.05, 3.63) is 36.0 Å². The van der Waals surface area contributed by atoms with Crippen molar-refractivity contribution in [3.63, 3.8) is 0 Å². The third-order valence-electron chi connectivity index (χ3n) is 8.31. The molecule has 6 heteroatoms. The molecule has 0 aromatic heterocycles. The maximum Gasteiger partial charge on any atom is 0.190 e. The number of ketones is 2. The summed E-state index contributed by atoms with van der Waals surface area (Å²) >= 11 is 14.3. The van der Waals surface area contributed by atoms with E-state index in [0.717, 1.165) is 5.57 Å². The van der Waals surface area contributed by atoms with Crippen molar-refractivity contribution in [3.8, 4) is 0 Å². The molecule has 0 aromatic carbocycles. The lowest BCUT2D eigenvalue weighted by Gasteiger charge is -2.62. The Hall–Kier alpha value is -0.940. The summed E-state index contributed by atoms with van der Waals surface area (Å²) in [5, 5.41) is 20.5. The van der Waals surface area contributed by atoms with Crippen LogP contribution < -0.4 is 0 Å². The quantitative estimate of drug-likeness (QED) is 0.667. The van der Waals surface area contributed by atoms with Crippen LogP contribution in [-0.4, -0.2) is 44.2 Å². The first kappa shape index (κ1) is 20.3. The Morgan fingerprint density at radius 1 is 1.32 bits per heavy atom. The average Bonchev–Trinajstić information content (AvgIpc) is 2.84. The molecule has 0 aromatic rings. The Balaban J connectivity index is 1.88. The van der Waals surface area contributed by atoms with Crippen LogP contribution in [0.4, 0.5) is 0 Å². The molecule has 2 fully saturated rings. The summed E-state index contributed by atoms with van der Waals surface area (Å²) in [5.41, 5.74) is -2.22. The van der Waals surface area contributed by atoms with E-state index in [1.54, 1.807) is 12.2 Å². The van der Waals surface area contributed by atoms with Crippen molar-refractivity contribution in [1.82, 2.24) is 0 Å². The van der Waals surface area contributed by atoms with E-state index in [-0.39, 0.29) is 23.5 Å². The van der Waals surface area contributed by atoms with Gasteiger partial charge in [0.25, 0.3) is 0 Å². The summed E-state index contributed by atoms with van der Waals surface area (Å²) < 4.78 is 0. The predicted molar refractivity (Wildman–Crippen MR) is 108 cm³/mol. The van der Waals surface area contributed by atoms with E-state index in [1.165, 1.54) is 0 Å². The molecule has 4 nitrogen and oxygen atoms in total. The second-order valence-corrected chi connectivity index (χ2v) is 10.5. The van der Waals surface area contributed by atoms with Crippen LogP contribution in [0.15, 0.2) is 36.0 Å². The van der Waals surface area contributed by atoms with Gasteiger partial charge in [-0.1, -0.05) is 39.0 Å². The van der Waals surface area contributed by atoms with Crippen LogP contribution in [0.5, 0.6) is 0 Å². The Labute approximate surface area is 175 Å². The summed E-state index contributed by atoms with van der Waals surface area (Å²) in [5.74, 6) is -1.19. The van der Waals surface area contributed by atoms with Gasteiger partial charge in [-0.05, 0) is 42.4 Å². The number of Topliss-reactive ketones (excluding diaryl/α,β-unsaturated/α-hetero) is 1. The van der Waals surface area contributed by atoms with E-state index < -0.39 is 39.1 Å². The number of fused-ring (bicyclic) bond motifs is 5. The molecule has 152 valence electrons. The number of hydrogen-bond donors (Lipinski definition) is 2. The highest BCUT2D eigenvalue weighted by molar-refractivity contribution is 6.34. The highest BCUT2D eigenvalue weighted by Gasteiger charge is 2.73. The molecule has 28 heavy (non-hydrogen) atoms. The van der Waals surface area contributed by atoms with E-state index in [2.05, 4.69) is 0 Å². The molecule has 8 atom stereocenters. The number of rotatable bonds is 2. The van der Waals surface area contributed by atoms with E-state index in [4.69, 9.17) is 23.2 Å². The van der Waals surface area contributed by atoms with Crippen LogP contribution in [0.3, 0.4) is 0 Å². The van der Waals surface area contributed by atoms with Gasteiger partial charge < -0.3 is 10.2 Å². The average molecular weight is 425 g/mol. The minimum Gasteiger partial charge on any atom is -0.388 e. The largest absolute Gasteiger partial charge is 0.388 e. The molecule has 0 amide bonds. The predicted octanol–water partition coefficient (Wildman–Crippen LogP) is 3.19. The SMILES string of the molecule is C[C@H]1C[C@H]2[C@@H]3C=CC4=CC(=O)C=C[C@]4(C)[C@@]3(Cl)[C@@H](Cl)C[C@]2(C)[C@@]1(O)C(=O)CO. The fraction of sp³-hybridized carbons (Fsp3) is 0.636. The second-order valence-electron chi connectivity index (χ2n) is 9.37. The molecule has 2 saturated carbocycles. The number of carbonyl (C=O) groups is 2. The summed E-state index contributed by atoms with van der Waals surface area (Å²) in [6, 6.07) is 0. The molecule has 0 spiro atoms. The molecule has 0 aliphatic heterocycles. The van der Waals surface area contributed by atoms with Crippen LogP contribution in [0.1, 0.15) is 33.6 Å². The molecule has 4 aliphatic carbocycles. The van der Waals surface area contributed by atoms with Crippen molar-refractivity contribution in [2.75, 3.05) is 6.61 Å². The maximum absolute atomic E-state index is 12.6. The van der Waals surface area contributed by atoms with Gasteiger partial charge >= 0.3 is 0 Å². The van der Waals surface area contributed by atoms with E-state index in [0.29, 0.717) is 12.8 Å². The molecule has 0 saturated heterocycles. The molecule has 0 bridgehead atoms. The van der Waals surface area contributed by atoms with Crippen molar-refractivity contribution in [2.24, 2.45) is 28.6 Å². The number of allylic oxidation sites excluding steroid dienone is 6. The van der Waals surface area contributed by atoms with Crippen LogP contribution in [0, 0.1) is 28.6 Å². The van der Waals surface area contributed by atoms with Gasteiger partial charge in [0, 0.05) is 16.7 Å². The minimum absolute atomic E-state index is 0.0694. The van der Waals surface area contributed by atoms with Crippen LogP contribution in [0.2, 0.25) is 0 Å². The molecule has 4 rings (SSSR count). The third-order valence-corrected chi connectivity index (χ3v) is 9.83. The fourth-order valence-electron chi connectivity index (χ4n) is 6.66. The van der Waals surface area contributed by atoms with Crippen molar-refractivity contribution >= 4 is 34.8 Å². The number of alkyl halides is 2. The zero-order valence-electron chi connectivity index (χ0n) is 16.3. The van der Waals surface area contributed by atoms with Crippen LogP contribution >= 0.6 is 23.2 Å². The van der Waals surface area contributed by atoms with Gasteiger partial charge in [0.2, 0.25) is 0 Å². The molecule has 0 heterocycles. The first-order valence-corrected chi connectivity index (χ1v) is 10.6. The molecular weight excluding hydrogens is 399 g/mol.